The molecule has 0 bridgehead atoms. The Balaban J connectivity index is 1.79. The number of benzene rings is 1. The highest BCUT2D eigenvalue weighted by Crippen LogP contribution is 2.66. The molecule has 4 aliphatic carbocycles. The third-order valence-corrected chi connectivity index (χ3v) is 8.65. The summed E-state index contributed by atoms with van der Waals surface area (Å²) in [6, 6.07) is -0.0916. The fourth-order valence-electron chi connectivity index (χ4n) is 7.05. The van der Waals surface area contributed by atoms with E-state index in [9.17, 15) is 9.90 Å². The van der Waals surface area contributed by atoms with E-state index in [2.05, 4.69) is 18.8 Å². The van der Waals surface area contributed by atoms with Crippen molar-refractivity contribution in [2.45, 2.75) is 70.3 Å². The second-order valence-corrected chi connectivity index (χ2v) is 10.4. The number of carbonyl (C=O) groups is 1. The van der Waals surface area contributed by atoms with Gasteiger partial charge in [-0.3, -0.25) is 4.79 Å². The van der Waals surface area contributed by atoms with E-state index in [0.29, 0.717) is 31.2 Å². The third kappa shape index (κ3) is 3.11. The molecule has 0 unspecified atom stereocenters. The molecule has 0 amide bonds. The van der Waals surface area contributed by atoms with Gasteiger partial charge in [0.25, 0.3) is 0 Å². The summed E-state index contributed by atoms with van der Waals surface area (Å²) in [6.45, 7) is 3.87. The zero-order valence-corrected chi connectivity index (χ0v) is 19.6. The van der Waals surface area contributed by atoms with Gasteiger partial charge in [-0.25, -0.2) is 0 Å². The Morgan fingerprint density at radius 2 is 1.91 bits per heavy atom. The second kappa shape index (κ2) is 7.63. The molecule has 3 heteroatoms. The van der Waals surface area contributed by atoms with Gasteiger partial charge in [-0.1, -0.05) is 30.5 Å². The van der Waals surface area contributed by atoms with Crippen LogP contribution in [0.1, 0.15) is 75.8 Å². The Bertz CT molecular complexity index is 1260. The highest BCUT2D eigenvalue weighted by molar-refractivity contribution is 5.93. The molecule has 5 rings (SSSR count). The summed E-state index contributed by atoms with van der Waals surface area (Å²) < 4.78 is 35.5. The van der Waals surface area contributed by atoms with E-state index >= 15 is 0 Å². The summed E-state index contributed by atoms with van der Waals surface area (Å²) in [5.74, 6) is 6.24. The van der Waals surface area contributed by atoms with Crippen LogP contribution >= 0.6 is 0 Å². The average molecular weight is 434 g/mol. The van der Waals surface area contributed by atoms with Crippen molar-refractivity contribution in [3.05, 3.63) is 52.5 Å². The van der Waals surface area contributed by atoms with Crippen molar-refractivity contribution in [1.82, 2.24) is 0 Å². The van der Waals surface area contributed by atoms with E-state index < -0.39 is 11.0 Å². The molecule has 0 radical (unpaired) electrons. The molecule has 5 atom stereocenters. The average Bonchev–Trinajstić information content (AvgIpc) is 3.07. The zero-order valence-electron chi connectivity index (χ0n) is 23.6. The zero-order chi connectivity index (χ0) is 26.2. The van der Waals surface area contributed by atoms with Gasteiger partial charge in [-0.05, 0) is 92.2 Å². The molecule has 1 aromatic rings. The van der Waals surface area contributed by atoms with Crippen molar-refractivity contribution in [2.24, 2.45) is 17.3 Å². The lowest BCUT2D eigenvalue weighted by atomic mass is 9.51. The summed E-state index contributed by atoms with van der Waals surface area (Å²) in [7, 11) is 3.46. The highest BCUT2D eigenvalue weighted by atomic mass is 16.3. The molecule has 168 valence electrons. The summed E-state index contributed by atoms with van der Waals surface area (Å²) in [4.78, 5) is 13.9. The number of nitrogens with zero attached hydrogens (tertiary/aromatic N) is 1. The Labute approximate surface area is 198 Å². The van der Waals surface area contributed by atoms with Gasteiger partial charge in [-0.2, -0.15) is 0 Å². The highest BCUT2D eigenvalue weighted by Gasteiger charge is 2.62. The minimum absolute atomic E-state index is 0.00954. The largest absolute Gasteiger partial charge is 0.378 e. The van der Waals surface area contributed by atoms with Gasteiger partial charge >= 0.3 is 0 Å². The quantitative estimate of drug-likeness (QED) is 0.634. The molecule has 2 saturated carbocycles. The minimum atomic E-state index is -1.15. The molecule has 32 heavy (non-hydrogen) atoms. The van der Waals surface area contributed by atoms with Crippen LogP contribution in [0.25, 0.3) is 0 Å². The van der Waals surface area contributed by atoms with Gasteiger partial charge in [0, 0.05) is 37.5 Å². The topological polar surface area (TPSA) is 40.5 Å². The molecule has 4 aliphatic rings. The number of aliphatic hydroxyl groups is 1. The molecule has 0 spiro atoms. The van der Waals surface area contributed by atoms with Crippen LogP contribution in [0.4, 0.5) is 5.69 Å². The first-order valence-corrected chi connectivity index (χ1v) is 11.9. The van der Waals surface area contributed by atoms with Crippen LogP contribution in [0.5, 0.6) is 0 Å². The summed E-state index contributed by atoms with van der Waals surface area (Å²) in [5.41, 5.74) is 2.46. The molecule has 0 aliphatic heterocycles. The predicted octanol–water partition coefficient (Wildman–Crippen LogP) is 5.41. The fourth-order valence-corrected chi connectivity index (χ4v) is 7.05. The lowest BCUT2D eigenvalue weighted by molar-refractivity contribution is -0.114. The van der Waals surface area contributed by atoms with E-state index in [1.54, 1.807) is 32.0 Å². The summed E-state index contributed by atoms with van der Waals surface area (Å²) >= 11 is 0. The fraction of sp³-hybridized carbons (Fsp3) is 0.552. The molecular formula is C29H35NO2. The van der Waals surface area contributed by atoms with Gasteiger partial charge in [0.05, 0.1) is 5.48 Å². The van der Waals surface area contributed by atoms with Gasteiger partial charge in [0.15, 0.2) is 5.78 Å². The lowest BCUT2D eigenvalue weighted by Crippen LogP contribution is -2.51. The molecule has 1 N–H and O–H groups in total. The number of carbonyl (C=O) groups excluding carboxylic acids is 1. The summed E-state index contributed by atoms with van der Waals surface area (Å²) in [5, 5.41) is 11.8. The Morgan fingerprint density at radius 3 is 2.59 bits per heavy atom. The van der Waals surface area contributed by atoms with Crippen molar-refractivity contribution < 1.29 is 15.4 Å². The molecular weight excluding hydrogens is 394 g/mol. The number of allylic oxidation sites excluding steroid dienone is 4. The van der Waals surface area contributed by atoms with Crippen molar-refractivity contribution in [3.8, 4) is 11.8 Å². The second-order valence-electron chi connectivity index (χ2n) is 10.4. The van der Waals surface area contributed by atoms with E-state index in [0.717, 1.165) is 24.8 Å². The molecule has 0 saturated heterocycles. The maximum atomic E-state index is 12.3. The van der Waals surface area contributed by atoms with Crippen molar-refractivity contribution in [1.29, 1.82) is 0 Å². The van der Waals surface area contributed by atoms with Crippen LogP contribution in [0.2, 0.25) is 0 Å². The Morgan fingerprint density at radius 1 is 1.16 bits per heavy atom. The van der Waals surface area contributed by atoms with Crippen molar-refractivity contribution in [3.63, 3.8) is 0 Å². The van der Waals surface area contributed by atoms with E-state index in [1.165, 1.54) is 11.1 Å². The van der Waals surface area contributed by atoms with Crippen LogP contribution < -0.4 is 4.90 Å². The van der Waals surface area contributed by atoms with E-state index in [1.807, 2.05) is 0 Å². The number of fused-ring (bicyclic) bond motifs is 4. The molecule has 3 nitrogen and oxygen atoms in total. The van der Waals surface area contributed by atoms with Crippen LogP contribution in [0.3, 0.4) is 0 Å². The SMILES string of the molecule is [2H]c1c([2H])c(N(C)C)c([2H])c([2H])c1[C@H]1C[C@@]2(C)[C@@H](CC[C@@]2(O)C#CC)[C@@H]2CCC3=CC(=O)CCC3=C21. The lowest BCUT2D eigenvalue weighted by Gasteiger charge is -2.53. The molecule has 0 aromatic heterocycles. The number of hydrogen-bond acceptors (Lipinski definition) is 3. The van der Waals surface area contributed by atoms with E-state index in [4.69, 9.17) is 5.48 Å². The number of hydrogen-bond donors (Lipinski definition) is 1. The Hall–Kier alpha value is -2.31. The first-order valence-electron chi connectivity index (χ1n) is 13.9. The minimum Gasteiger partial charge on any atom is -0.378 e. The number of rotatable bonds is 2. The maximum Gasteiger partial charge on any atom is 0.156 e. The number of ketones is 1. The Kier molecular flexibility index (Phi) is 4.10. The normalized spacial score (nSPS) is 37.6. The van der Waals surface area contributed by atoms with Crippen LogP contribution in [-0.4, -0.2) is 30.6 Å². The number of anilines is 1. The predicted molar refractivity (Wildman–Crippen MR) is 129 cm³/mol. The van der Waals surface area contributed by atoms with Crippen molar-refractivity contribution >= 4 is 11.5 Å². The van der Waals surface area contributed by atoms with Gasteiger partial charge in [0.1, 0.15) is 5.60 Å². The molecule has 0 heterocycles. The standard InChI is InChI=1S/C29H35NO2/c1-5-15-29(32)16-14-26-24-12-8-20-17-22(31)11-13-23(20)27(24)25(18-28(26,29)2)19-6-9-21(10-7-19)30(3)4/h6-7,9-10,17,24-26,32H,8,11-14,16,18H2,1-4H3/t24-,25+,26-,28-,29-/m0/s1/i6D,7D,9D,10D. The van der Waals surface area contributed by atoms with Crippen LogP contribution in [-0.2, 0) is 4.79 Å². The molecule has 2 fully saturated rings. The van der Waals surface area contributed by atoms with Crippen LogP contribution in [0, 0.1) is 29.1 Å². The maximum absolute atomic E-state index is 12.3. The van der Waals surface area contributed by atoms with Gasteiger partial charge < -0.3 is 10.0 Å². The first kappa shape index (κ1) is 17.2. The van der Waals surface area contributed by atoms with Crippen molar-refractivity contribution in [2.75, 3.05) is 19.0 Å². The smallest absolute Gasteiger partial charge is 0.156 e. The third-order valence-electron chi connectivity index (χ3n) is 8.65. The molecule has 1 aromatic carbocycles. The monoisotopic (exact) mass is 433 g/mol. The summed E-state index contributed by atoms with van der Waals surface area (Å²) in [6.07, 6.45) is 6.56. The first-order chi connectivity index (χ1) is 16.9. The van der Waals surface area contributed by atoms with Gasteiger partial charge in [0.2, 0.25) is 0 Å². The van der Waals surface area contributed by atoms with E-state index in [-0.39, 0.29) is 53.4 Å². The van der Waals surface area contributed by atoms with Crippen LogP contribution in [0.15, 0.2) is 47.0 Å². The van der Waals surface area contributed by atoms with Gasteiger partial charge in [-0.15, -0.1) is 5.92 Å².